The summed E-state index contributed by atoms with van der Waals surface area (Å²) in [6, 6.07) is 20.1. The van der Waals surface area contributed by atoms with Crippen molar-refractivity contribution < 1.29 is 27.4 Å². The van der Waals surface area contributed by atoms with Crippen LogP contribution in [0.2, 0.25) is 0 Å². The van der Waals surface area contributed by atoms with Crippen LogP contribution in [0.3, 0.4) is 0 Å². The second-order valence-corrected chi connectivity index (χ2v) is 5.99. The maximum atomic E-state index is 12.6. The Kier molecular flexibility index (Phi) is 6.44. The van der Waals surface area contributed by atoms with E-state index in [0.29, 0.717) is 28.6 Å². The van der Waals surface area contributed by atoms with Gasteiger partial charge in [-0.3, -0.25) is 0 Å². The monoisotopic (exact) mass is 399 g/mol. The lowest BCUT2D eigenvalue weighted by atomic mass is 10.1. The van der Waals surface area contributed by atoms with Crippen LogP contribution in [0.25, 0.3) is 6.08 Å². The van der Waals surface area contributed by atoms with Crippen molar-refractivity contribution in [1.29, 1.82) is 0 Å². The van der Waals surface area contributed by atoms with Gasteiger partial charge in [0, 0.05) is 6.07 Å². The Balaban J connectivity index is 1.57. The second-order valence-electron chi connectivity index (χ2n) is 5.99. The average molecular weight is 399 g/mol. The van der Waals surface area contributed by atoms with E-state index in [0.717, 1.165) is 12.1 Å². The van der Waals surface area contributed by atoms with E-state index < -0.39 is 11.7 Å². The second kappa shape index (κ2) is 9.19. The molecule has 3 aromatic rings. The number of alkyl halides is 3. The third kappa shape index (κ3) is 5.78. The van der Waals surface area contributed by atoms with Crippen LogP contribution >= 0.6 is 0 Å². The van der Waals surface area contributed by atoms with Crippen LogP contribution in [0.5, 0.6) is 23.0 Å². The maximum Gasteiger partial charge on any atom is 0.416 e. The third-order valence-electron chi connectivity index (χ3n) is 3.94. The van der Waals surface area contributed by atoms with E-state index in [-0.39, 0.29) is 6.61 Å². The molecule has 0 amide bonds. The van der Waals surface area contributed by atoms with E-state index in [1.165, 1.54) is 12.1 Å². The Morgan fingerprint density at radius 1 is 0.966 bits per heavy atom. The molecular formula is C23H18F3O3. The van der Waals surface area contributed by atoms with Crippen molar-refractivity contribution in [3.05, 3.63) is 90.0 Å². The highest BCUT2D eigenvalue weighted by atomic mass is 19.4. The summed E-state index contributed by atoms with van der Waals surface area (Å²) in [7, 11) is 1.56. The summed E-state index contributed by atoms with van der Waals surface area (Å²) in [5.41, 5.74) is -0.0125. The molecule has 3 aromatic carbocycles. The first-order valence-electron chi connectivity index (χ1n) is 8.74. The Hall–Kier alpha value is -3.41. The molecule has 1 radical (unpaired) electrons. The summed E-state index contributed by atoms with van der Waals surface area (Å²) in [5.74, 6) is 2.30. The molecule has 149 valence electrons. The van der Waals surface area contributed by atoms with Crippen molar-refractivity contribution in [3.63, 3.8) is 0 Å². The quantitative estimate of drug-likeness (QED) is 0.460. The summed E-state index contributed by atoms with van der Waals surface area (Å²) >= 11 is 0. The number of ether oxygens (including phenoxy) is 3. The van der Waals surface area contributed by atoms with Crippen LogP contribution in [-0.4, -0.2) is 13.7 Å². The predicted octanol–water partition coefficient (Wildman–Crippen LogP) is 6.40. The summed E-state index contributed by atoms with van der Waals surface area (Å²) in [6.45, 7) is 0.257. The highest BCUT2D eigenvalue weighted by molar-refractivity contribution is 5.50. The number of rotatable bonds is 7. The van der Waals surface area contributed by atoms with Crippen molar-refractivity contribution in [2.45, 2.75) is 6.18 Å². The van der Waals surface area contributed by atoms with Gasteiger partial charge in [-0.25, -0.2) is 0 Å². The molecule has 0 atom stereocenters. The van der Waals surface area contributed by atoms with Gasteiger partial charge in [-0.05, 0) is 54.1 Å². The summed E-state index contributed by atoms with van der Waals surface area (Å²) in [4.78, 5) is 0. The van der Waals surface area contributed by atoms with Gasteiger partial charge in [-0.2, -0.15) is 13.2 Å². The van der Waals surface area contributed by atoms with Crippen LogP contribution in [0.1, 0.15) is 11.1 Å². The summed E-state index contributed by atoms with van der Waals surface area (Å²) in [5, 5.41) is 0. The fourth-order valence-electron chi connectivity index (χ4n) is 2.52. The van der Waals surface area contributed by atoms with Gasteiger partial charge < -0.3 is 14.2 Å². The lowest BCUT2D eigenvalue weighted by Crippen LogP contribution is -2.03. The van der Waals surface area contributed by atoms with Crippen molar-refractivity contribution in [3.8, 4) is 23.0 Å². The molecule has 6 heteroatoms. The summed E-state index contributed by atoms with van der Waals surface area (Å²) < 4.78 is 54.4. The van der Waals surface area contributed by atoms with Crippen molar-refractivity contribution in [2.24, 2.45) is 0 Å². The maximum absolute atomic E-state index is 12.6. The Labute approximate surface area is 167 Å². The zero-order valence-corrected chi connectivity index (χ0v) is 15.6. The van der Waals surface area contributed by atoms with Crippen molar-refractivity contribution in [2.75, 3.05) is 13.7 Å². The number of halogens is 3. The van der Waals surface area contributed by atoms with E-state index in [1.54, 1.807) is 61.7 Å². The largest absolute Gasteiger partial charge is 0.493 e. The van der Waals surface area contributed by atoms with Gasteiger partial charge >= 0.3 is 6.18 Å². The van der Waals surface area contributed by atoms with Gasteiger partial charge in [0.1, 0.15) is 18.1 Å². The van der Waals surface area contributed by atoms with Crippen LogP contribution in [0.15, 0.2) is 72.8 Å². The van der Waals surface area contributed by atoms with Gasteiger partial charge in [0.25, 0.3) is 0 Å². The minimum atomic E-state index is -4.33. The van der Waals surface area contributed by atoms with Gasteiger partial charge in [-0.15, -0.1) is 0 Å². The number of methoxy groups -OCH3 is 1. The third-order valence-corrected chi connectivity index (χ3v) is 3.94. The molecule has 0 aliphatic heterocycles. The van der Waals surface area contributed by atoms with Crippen LogP contribution in [0, 0.1) is 6.07 Å². The molecule has 0 heterocycles. The fraction of sp³-hybridized carbons (Fsp3) is 0.130. The zero-order valence-electron chi connectivity index (χ0n) is 15.6. The molecular weight excluding hydrogens is 381 g/mol. The first-order valence-corrected chi connectivity index (χ1v) is 8.74. The van der Waals surface area contributed by atoms with Gasteiger partial charge in [0.2, 0.25) is 0 Å². The Bertz CT molecular complexity index is 964. The molecule has 0 N–H and O–H groups in total. The normalized spacial score (nSPS) is 11.4. The average Bonchev–Trinajstić information content (AvgIpc) is 2.72. The van der Waals surface area contributed by atoms with Crippen molar-refractivity contribution in [1.82, 2.24) is 0 Å². The SMILES string of the molecule is COc1cc[c]cc1Oc1cccc(OC/C=C/c2ccc(C(F)(F)F)cc2)c1. The predicted molar refractivity (Wildman–Crippen MR) is 104 cm³/mol. The van der Waals surface area contributed by atoms with Crippen LogP contribution in [0.4, 0.5) is 13.2 Å². The molecule has 0 saturated carbocycles. The highest BCUT2D eigenvalue weighted by Crippen LogP contribution is 2.32. The molecule has 0 fully saturated rings. The zero-order chi connectivity index (χ0) is 20.7. The van der Waals surface area contributed by atoms with Gasteiger partial charge in [-0.1, -0.05) is 30.3 Å². The van der Waals surface area contributed by atoms with Crippen molar-refractivity contribution >= 4 is 6.08 Å². The molecule has 0 aliphatic carbocycles. The van der Waals surface area contributed by atoms with Gasteiger partial charge in [0.05, 0.1) is 12.7 Å². The summed E-state index contributed by atoms with van der Waals surface area (Å²) in [6.07, 6.45) is -0.906. The van der Waals surface area contributed by atoms with E-state index in [2.05, 4.69) is 6.07 Å². The molecule has 0 saturated heterocycles. The van der Waals surface area contributed by atoms with E-state index in [9.17, 15) is 13.2 Å². The topological polar surface area (TPSA) is 27.7 Å². The molecule has 29 heavy (non-hydrogen) atoms. The lowest BCUT2D eigenvalue weighted by Gasteiger charge is -2.11. The van der Waals surface area contributed by atoms with E-state index >= 15 is 0 Å². The Morgan fingerprint density at radius 2 is 1.72 bits per heavy atom. The molecule has 3 rings (SSSR count). The first-order chi connectivity index (χ1) is 14.0. The standard InChI is InChI=1S/C23H18F3O3/c1-27-21-9-2-3-10-22(21)29-20-8-4-7-19(16-20)28-15-5-6-17-11-13-18(14-12-17)23(24,25)26/h2,4-14,16H,15H2,1H3/b6-5+. The molecule has 0 bridgehead atoms. The highest BCUT2D eigenvalue weighted by Gasteiger charge is 2.29. The van der Waals surface area contributed by atoms with Gasteiger partial charge in [0.15, 0.2) is 11.5 Å². The molecule has 0 aromatic heterocycles. The minimum absolute atomic E-state index is 0.257. The molecule has 0 aliphatic rings. The number of benzene rings is 3. The number of hydrogen-bond donors (Lipinski definition) is 0. The minimum Gasteiger partial charge on any atom is -0.493 e. The molecule has 0 spiro atoms. The smallest absolute Gasteiger partial charge is 0.416 e. The first kappa shape index (κ1) is 20.3. The lowest BCUT2D eigenvalue weighted by molar-refractivity contribution is -0.137. The molecule has 3 nitrogen and oxygen atoms in total. The van der Waals surface area contributed by atoms with E-state index in [1.807, 2.05) is 0 Å². The number of hydrogen-bond acceptors (Lipinski definition) is 3. The van der Waals surface area contributed by atoms with Crippen LogP contribution in [-0.2, 0) is 6.18 Å². The Morgan fingerprint density at radius 3 is 2.45 bits per heavy atom. The van der Waals surface area contributed by atoms with Crippen LogP contribution < -0.4 is 14.2 Å². The molecule has 0 unspecified atom stereocenters. The van der Waals surface area contributed by atoms with E-state index in [4.69, 9.17) is 14.2 Å². The fourth-order valence-corrected chi connectivity index (χ4v) is 2.52.